The molecular weight excluding hydrogens is 293 g/mol. The van der Waals surface area contributed by atoms with E-state index in [4.69, 9.17) is 0 Å². The van der Waals surface area contributed by atoms with Gasteiger partial charge in [0.2, 0.25) is 0 Å². The molecule has 1 amide bonds. The third-order valence-electron chi connectivity index (χ3n) is 2.01. The second-order valence-electron chi connectivity index (χ2n) is 3.04. The largest absolute Gasteiger partial charge is 0.510 e. The van der Waals surface area contributed by atoms with Gasteiger partial charge in [-0.3, -0.25) is 4.79 Å². The minimum Gasteiger partial charge on any atom is -0.510 e. The van der Waals surface area contributed by atoms with Crippen LogP contribution in [-0.4, -0.2) is 17.6 Å². The molecule has 0 radical (unpaired) electrons. The fourth-order valence-corrected chi connectivity index (χ4v) is 1.71. The first-order valence-corrected chi connectivity index (χ1v) is 5.21. The Labute approximate surface area is 95.2 Å². The number of benzene rings is 1. The number of carbonyl (C=O) groups excluding carboxylic acids is 1. The number of anilines is 1. The van der Waals surface area contributed by atoms with Gasteiger partial charge in [-0.15, -0.1) is 0 Å². The highest BCUT2D eigenvalue weighted by Crippen LogP contribution is 2.20. The number of amides is 1. The van der Waals surface area contributed by atoms with Gasteiger partial charge in [0.1, 0.15) is 5.76 Å². The highest BCUT2D eigenvalue weighted by molar-refractivity contribution is 14.1. The lowest BCUT2D eigenvalue weighted by molar-refractivity contribution is -0.113. The topological polar surface area (TPSA) is 40.5 Å². The average molecular weight is 301 g/mol. The van der Waals surface area contributed by atoms with E-state index in [9.17, 15) is 9.90 Å². The van der Waals surface area contributed by atoms with Gasteiger partial charge in [0.05, 0.1) is 6.54 Å². The maximum atomic E-state index is 11.4. The van der Waals surface area contributed by atoms with Crippen LogP contribution >= 0.6 is 22.6 Å². The van der Waals surface area contributed by atoms with Crippen LogP contribution in [0.4, 0.5) is 5.69 Å². The van der Waals surface area contributed by atoms with Crippen molar-refractivity contribution in [2.45, 2.75) is 0 Å². The summed E-state index contributed by atoms with van der Waals surface area (Å²) >= 11 is 2.20. The van der Waals surface area contributed by atoms with Gasteiger partial charge in [-0.1, -0.05) is 0 Å². The summed E-state index contributed by atoms with van der Waals surface area (Å²) in [6, 6.07) is 7.59. The zero-order chi connectivity index (χ0) is 10.1. The Kier molecular flexibility index (Phi) is 2.45. The van der Waals surface area contributed by atoms with Crippen molar-refractivity contribution in [1.82, 2.24) is 0 Å². The average Bonchev–Trinajstić information content (AvgIpc) is 2.47. The maximum Gasteiger partial charge on any atom is 0.254 e. The summed E-state index contributed by atoms with van der Waals surface area (Å²) < 4.78 is 1.12. The van der Waals surface area contributed by atoms with Crippen molar-refractivity contribution in [3.63, 3.8) is 0 Å². The second-order valence-corrected chi connectivity index (χ2v) is 4.28. The van der Waals surface area contributed by atoms with Gasteiger partial charge in [-0.2, -0.15) is 0 Å². The van der Waals surface area contributed by atoms with E-state index in [1.807, 2.05) is 24.3 Å². The molecule has 1 aliphatic rings. The lowest BCUT2D eigenvalue weighted by Crippen LogP contribution is -2.25. The van der Waals surface area contributed by atoms with Crippen molar-refractivity contribution in [3.8, 4) is 0 Å². The molecule has 72 valence electrons. The van der Waals surface area contributed by atoms with Gasteiger partial charge in [0.25, 0.3) is 5.91 Å². The van der Waals surface area contributed by atoms with E-state index in [1.165, 1.54) is 11.0 Å². The van der Waals surface area contributed by atoms with Crippen LogP contribution in [0.2, 0.25) is 0 Å². The van der Waals surface area contributed by atoms with Crippen LogP contribution in [-0.2, 0) is 4.79 Å². The van der Waals surface area contributed by atoms with Crippen molar-refractivity contribution in [1.29, 1.82) is 0 Å². The first-order chi connectivity index (χ1) is 6.66. The van der Waals surface area contributed by atoms with Crippen LogP contribution in [0.25, 0.3) is 0 Å². The molecule has 1 aromatic carbocycles. The van der Waals surface area contributed by atoms with E-state index < -0.39 is 0 Å². The lowest BCUT2D eigenvalue weighted by atomic mass is 10.3. The number of aliphatic hydroxyl groups is 1. The minimum atomic E-state index is -0.163. The van der Waals surface area contributed by atoms with E-state index in [1.54, 1.807) is 0 Å². The predicted octanol–water partition coefficient (Wildman–Crippen LogP) is 2.08. The van der Waals surface area contributed by atoms with Crippen LogP contribution in [0.15, 0.2) is 36.1 Å². The van der Waals surface area contributed by atoms with Crippen molar-refractivity contribution in [2.24, 2.45) is 0 Å². The summed E-state index contributed by atoms with van der Waals surface area (Å²) in [5.41, 5.74) is 0.815. The first-order valence-electron chi connectivity index (χ1n) is 4.13. The third kappa shape index (κ3) is 1.75. The second kappa shape index (κ2) is 3.61. The molecule has 0 saturated heterocycles. The first kappa shape index (κ1) is 9.51. The molecule has 3 nitrogen and oxygen atoms in total. The van der Waals surface area contributed by atoms with Gasteiger partial charge >= 0.3 is 0 Å². The Hall–Kier alpha value is -1.04. The smallest absolute Gasteiger partial charge is 0.254 e. The molecule has 1 heterocycles. The Balaban J connectivity index is 2.26. The highest BCUT2D eigenvalue weighted by atomic mass is 127. The normalized spacial score (nSPS) is 15.9. The van der Waals surface area contributed by atoms with E-state index >= 15 is 0 Å². The van der Waals surface area contributed by atoms with Crippen LogP contribution in [0, 0.1) is 3.57 Å². The van der Waals surface area contributed by atoms with Gasteiger partial charge in [0.15, 0.2) is 0 Å². The summed E-state index contributed by atoms with van der Waals surface area (Å²) in [5, 5.41) is 9.18. The monoisotopic (exact) mass is 301 g/mol. The molecule has 1 aromatic rings. The van der Waals surface area contributed by atoms with E-state index in [-0.39, 0.29) is 18.2 Å². The molecule has 0 aromatic heterocycles. The molecule has 0 bridgehead atoms. The molecule has 0 atom stereocenters. The van der Waals surface area contributed by atoms with Gasteiger partial charge in [0, 0.05) is 15.3 Å². The number of hydrogen-bond donors (Lipinski definition) is 1. The van der Waals surface area contributed by atoms with E-state index in [0.717, 1.165) is 9.26 Å². The summed E-state index contributed by atoms with van der Waals surface area (Å²) in [5.74, 6) is -0.0442. The number of carbonyl (C=O) groups is 1. The van der Waals surface area contributed by atoms with Crippen molar-refractivity contribution < 1.29 is 9.90 Å². The minimum absolute atomic E-state index is 0.119. The third-order valence-corrected chi connectivity index (χ3v) is 2.73. The van der Waals surface area contributed by atoms with Crippen LogP contribution in [0.1, 0.15) is 0 Å². The molecule has 0 saturated carbocycles. The van der Waals surface area contributed by atoms with E-state index in [2.05, 4.69) is 22.6 Å². The number of nitrogens with zero attached hydrogens (tertiary/aromatic N) is 1. The Morgan fingerprint density at radius 3 is 2.43 bits per heavy atom. The molecule has 0 fully saturated rings. The Morgan fingerprint density at radius 1 is 1.29 bits per heavy atom. The molecule has 0 aliphatic carbocycles. The van der Waals surface area contributed by atoms with Gasteiger partial charge in [-0.25, -0.2) is 0 Å². The van der Waals surface area contributed by atoms with Crippen LogP contribution in [0.3, 0.4) is 0 Å². The van der Waals surface area contributed by atoms with Gasteiger partial charge in [-0.05, 0) is 46.9 Å². The maximum absolute atomic E-state index is 11.4. The summed E-state index contributed by atoms with van der Waals surface area (Å²) in [4.78, 5) is 12.9. The fraction of sp³-hybridized carbons (Fsp3) is 0.100. The van der Waals surface area contributed by atoms with Crippen LogP contribution < -0.4 is 4.90 Å². The number of hydrogen-bond acceptors (Lipinski definition) is 2. The van der Waals surface area contributed by atoms with E-state index in [0.29, 0.717) is 0 Å². The molecule has 2 rings (SSSR count). The molecule has 0 unspecified atom stereocenters. The summed E-state index contributed by atoms with van der Waals surface area (Å²) in [6.07, 6.45) is 1.25. The molecule has 4 heteroatoms. The lowest BCUT2D eigenvalue weighted by Gasteiger charge is -2.15. The molecule has 1 N–H and O–H groups in total. The predicted molar refractivity (Wildman–Crippen MR) is 62.2 cm³/mol. The van der Waals surface area contributed by atoms with Crippen molar-refractivity contribution in [3.05, 3.63) is 39.7 Å². The molecule has 1 aliphatic heterocycles. The summed E-state index contributed by atoms with van der Waals surface area (Å²) in [7, 11) is 0. The van der Waals surface area contributed by atoms with Crippen molar-refractivity contribution >= 4 is 34.2 Å². The number of aliphatic hydroxyl groups excluding tert-OH is 1. The SMILES string of the molecule is O=C1C=C(O)CN1c1ccc(I)cc1. The standard InChI is InChI=1S/C10H8INO2/c11-7-1-3-8(4-2-7)12-6-9(13)5-10(12)14/h1-5,13H,6H2. The Bertz CT molecular complexity index is 397. The zero-order valence-corrected chi connectivity index (χ0v) is 9.43. The van der Waals surface area contributed by atoms with Crippen LogP contribution in [0.5, 0.6) is 0 Å². The molecule has 0 spiro atoms. The van der Waals surface area contributed by atoms with Gasteiger partial charge < -0.3 is 10.0 Å². The summed E-state index contributed by atoms with van der Waals surface area (Å²) in [6.45, 7) is 0.277. The Morgan fingerprint density at radius 2 is 1.93 bits per heavy atom. The molecule has 14 heavy (non-hydrogen) atoms. The quantitative estimate of drug-likeness (QED) is 0.807. The number of rotatable bonds is 1. The highest BCUT2D eigenvalue weighted by Gasteiger charge is 2.21. The zero-order valence-electron chi connectivity index (χ0n) is 7.27. The van der Waals surface area contributed by atoms with Crippen molar-refractivity contribution in [2.75, 3.05) is 11.4 Å². The fourth-order valence-electron chi connectivity index (χ4n) is 1.35. The molecular formula is C10H8INO2. The number of halogens is 1.